The lowest BCUT2D eigenvalue weighted by Gasteiger charge is -2.42. The Morgan fingerprint density at radius 1 is 1.37 bits per heavy atom. The fraction of sp³-hybridized carbons (Fsp3) is 0.455. The Morgan fingerprint density at radius 2 is 2.17 bits per heavy atom. The van der Waals surface area contributed by atoms with Crippen LogP contribution < -0.4 is 0 Å². The van der Waals surface area contributed by atoms with E-state index in [2.05, 4.69) is 5.10 Å². The average Bonchev–Trinajstić information content (AvgIpc) is 3.41. The maximum absolute atomic E-state index is 13.3. The van der Waals surface area contributed by atoms with E-state index in [0.717, 1.165) is 27.9 Å². The van der Waals surface area contributed by atoms with Crippen LogP contribution in [0.4, 0.5) is 4.39 Å². The molecule has 2 aromatic heterocycles. The quantitative estimate of drug-likeness (QED) is 0.638. The minimum Gasteiger partial charge on any atom is -0.378 e. The van der Waals surface area contributed by atoms with Crippen LogP contribution in [0.5, 0.6) is 0 Å². The lowest BCUT2D eigenvalue weighted by Crippen LogP contribution is -2.56. The van der Waals surface area contributed by atoms with E-state index in [1.807, 2.05) is 29.5 Å². The second-order valence-electron chi connectivity index (χ2n) is 8.30. The minimum atomic E-state index is -0.376. The van der Waals surface area contributed by atoms with E-state index in [4.69, 9.17) is 9.47 Å². The first-order valence-electron chi connectivity index (χ1n) is 10.2. The molecule has 5 rings (SSSR count). The molecule has 2 fully saturated rings. The molecule has 4 heterocycles. The zero-order valence-corrected chi connectivity index (χ0v) is 17.9. The largest absolute Gasteiger partial charge is 0.378 e. The Morgan fingerprint density at radius 3 is 2.90 bits per heavy atom. The Hall–Kier alpha value is -2.29. The fourth-order valence-electron chi connectivity index (χ4n) is 4.43. The lowest BCUT2D eigenvalue weighted by atomic mass is 9.99. The highest BCUT2D eigenvalue weighted by molar-refractivity contribution is 7.20. The topological polar surface area (TPSA) is 56.6 Å². The monoisotopic (exact) mass is 429 g/mol. The first-order chi connectivity index (χ1) is 14.4. The molecule has 2 aliphatic heterocycles. The summed E-state index contributed by atoms with van der Waals surface area (Å²) in [7, 11) is 0. The second-order valence-corrected chi connectivity index (χ2v) is 9.33. The standard InChI is InChI=1S/C22H24FN3O3S/c1-14-10-25(12-22(29-14)7-8-28-13-22)20(27)19-9-18-15(2)24-26(21(18)30-19)11-16-3-5-17(23)6-4-16/h3-6,9,14H,7-8,10-13H2,1-2H3/t14-,22-/m0/s1. The normalized spacial score (nSPS) is 24.2. The Balaban J connectivity index is 1.42. The molecule has 0 bridgehead atoms. The summed E-state index contributed by atoms with van der Waals surface area (Å²) in [5.74, 6) is -0.222. The van der Waals surface area contributed by atoms with E-state index in [1.165, 1.54) is 23.5 Å². The molecule has 2 aliphatic rings. The third-order valence-electron chi connectivity index (χ3n) is 5.83. The molecule has 0 aliphatic carbocycles. The zero-order chi connectivity index (χ0) is 20.9. The van der Waals surface area contributed by atoms with Crippen molar-refractivity contribution in [1.29, 1.82) is 0 Å². The van der Waals surface area contributed by atoms with Gasteiger partial charge in [-0.1, -0.05) is 12.1 Å². The van der Waals surface area contributed by atoms with Gasteiger partial charge in [-0.2, -0.15) is 5.10 Å². The molecule has 0 N–H and O–H groups in total. The van der Waals surface area contributed by atoms with Crippen molar-refractivity contribution in [3.63, 3.8) is 0 Å². The number of nitrogens with zero attached hydrogens (tertiary/aromatic N) is 3. The van der Waals surface area contributed by atoms with Crippen LogP contribution in [0.2, 0.25) is 0 Å². The molecule has 30 heavy (non-hydrogen) atoms. The summed E-state index contributed by atoms with van der Waals surface area (Å²) in [4.78, 5) is 16.9. The number of hydrogen-bond acceptors (Lipinski definition) is 5. The first kappa shape index (κ1) is 19.7. The SMILES string of the molecule is Cc1nn(Cc2ccc(F)cc2)c2sc(C(=O)N3C[C@H](C)O[C@@]4(CCOC4)C3)cc12. The molecule has 1 amide bonds. The number of morpholine rings is 1. The van der Waals surface area contributed by atoms with E-state index in [0.29, 0.717) is 37.7 Å². The van der Waals surface area contributed by atoms with Gasteiger partial charge in [-0.05, 0) is 37.6 Å². The van der Waals surface area contributed by atoms with Crippen molar-refractivity contribution < 1.29 is 18.7 Å². The summed E-state index contributed by atoms with van der Waals surface area (Å²) < 4.78 is 26.8. The zero-order valence-electron chi connectivity index (χ0n) is 17.1. The van der Waals surface area contributed by atoms with Gasteiger partial charge in [0.15, 0.2) is 0 Å². The maximum Gasteiger partial charge on any atom is 0.264 e. The van der Waals surface area contributed by atoms with E-state index >= 15 is 0 Å². The molecule has 158 valence electrons. The van der Waals surface area contributed by atoms with Crippen molar-refractivity contribution >= 4 is 27.5 Å². The number of hydrogen-bond donors (Lipinski definition) is 0. The van der Waals surface area contributed by atoms with Crippen LogP contribution in [0.1, 0.15) is 34.3 Å². The molecule has 6 nitrogen and oxygen atoms in total. The van der Waals surface area contributed by atoms with Gasteiger partial charge >= 0.3 is 0 Å². The van der Waals surface area contributed by atoms with E-state index < -0.39 is 0 Å². The van der Waals surface area contributed by atoms with Gasteiger partial charge in [-0.15, -0.1) is 11.3 Å². The Kier molecular flexibility index (Phi) is 4.88. The number of amides is 1. The average molecular weight is 430 g/mol. The molecule has 1 spiro atoms. The minimum absolute atomic E-state index is 0.0190. The van der Waals surface area contributed by atoms with Crippen molar-refractivity contribution in [2.45, 2.75) is 38.5 Å². The molecule has 1 aromatic carbocycles. The molecular weight excluding hydrogens is 405 g/mol. The molecule has 2 atom stereocenters. The third-order valence-corrected chi connectivity index (χ3v) is 6.96. The van der Waals surface area contributed by atoms with Gasteiger partial charge in [-0.25, -0.2) is 4.39 Å². The van der Waals surface area contributed by atoms with Crippen molar-refractivity contribution in [3.8, 4) is 0 Å². The van der Waals surface area contributed by atoms with Crippen LogP contribution in [0.15, 0.2) is 30.3 Å². The van der Waals surface area contributed by atoms with Crippen molar-refractivity contribution in [1.82, 2.24) is 14.7 Å². The summed E-state index contributed by atoms with van der Waals surface area (Å²) in [5.41, 5.74) is 1.48. The van der Waals surface area contributed by atoms with Gasteiger partial charge in [0, 0.05) is 25.0 Å². The van der Waals surface area contributed by atoms with Crippen molar-refractivity contribution in [2.24, 2.45) is 0 Å². The Bertz CT molecular complexity index is 1090. The molecule has 2 saturated heterocycles. The van der Waals surface area contributed by atoms with Crippen LogP contribution in [0.25, 0.3) is 10.2 Å². The highest BCUT2D eigenvalue weighted by Gasteiger charge is 2.44. The second kappa shape index (κ2) is 7.44. The number of fused-ring (bicyclic) bond motifs is 1. The van der Waals surface area contributed by atoms with Gasteiger partial charge in [-0.3, -0.25) is 9.48 Å². The van der Waals surface area contributed by atoms with E-state index in [1.54, 1.807) is 12.1 Å². The van der Waals surface area contributed by atoms with Gasteiger partial charge in [0.05, 0.1) is 36.4 Å². The van der Waals surface area contributed by atoms with Gasteiger partial charge in [0.2, 0.25) is 0 Å². The molecule has 3 aromatic rings. The summed E-state index contributed by atoms with van der Waals surface area (Å²) in [5, 5.41) is 5.61. The fourth-order valence-corrected chi connectivity index (χ4v) is 5.56. The van der Waals surface area contributed by atoms with Crippen LogP contribution in [-0.2, 0) is 16.0 Å². The Labute approximate surface area is 178 Å². The highest BCUT2D eigenvalue weighted by Crippen LogP contribution is 2.33. The third kappa shape index (κ3) is 3.53. The van der Waals surface area contributed by atoms with Crippen LogP contribution >= 0.6 is 11.3 Å². The van der Waals surface area contributed by atoms with E-state index in [9.17, 15) is 9.18 Å². The number of carbonyl (C=O) groups is 1. The number of aryl methyl sites for hydroxylation is 1. The summed E-state index contributed by atoms with van der Waals surface area (Å²) in [6.45, 7) is 6.85. The van der Waals surface area contributed by atoms with E-state index in [-0.39, 0.29) is 23.4 Å². The predicted molar refractivity (Wildman–Crippen MR) is 112 cm³/mol. The highest BCUT2D eigenvalue weighted by atomic mass is 32.1. The lowest BCUT2D eigenvalue weighted by molar-refractivity contribution is -0.138. The number of aromatic nitrogens is 2. The summed E-state index contributed by atoms with van der Waals surface area (Å²) in [6, 6.07) is 8.37. The number of rotatable bonds is 3. The number of halogens is 1. The molecule has 0 saturated carbocycles. The number of carbonyl (C=O) groups excluding carboxylic acids is 1. The summed E-state index contributed by atoms with van der Waals surface area (Å²) >= 11 is 1.46. The smallest absolute Gasteiger partial charge is 0.264 e. The molecule has 0 radical (unpaired) electrons. The van der Waals surface area contributed by atoms with Gasteiger partial charge in [0.25, 0.3) is 5.91 Å². The van der Waals surface area contributed by atoms with Crippen LogP contribution in [0, 0.1) is 12.7 Å². The predicted octanol–water partition coefficient (Wildman–Crippen LogP) is 3.61. The van der Waals surface area contributed by atoms with Crippen LogP contribution in [0.3, 0.4) is 0 Å². The molecular formula is C22H24FN3O3S. The molecule has 8 heteroatoms. The van der Waals surface area contributed by atoms with Crippen molar-refractivity contribution in [3.05, 3.63) is 52.3 Å². The van der Waals surface area contributed by atoms with Crippen molar-refractivity contribution in [2.75, 3.05) is 26.3 Å². The number of benzene rings is 1. The van der Waals surface area contributed by atoms with Crippen LogP contribution in [-0.4, -0.2) is 58.6 Å². The summed E-state index contributed by atoms with van der Waals surface area (Å²) in [6.07, 6.45) is 0.800. The van der Waals surface area contributed by atoms with Gasteiger partial charge in [0.1, 0.15) is 16.2 Å². The number of ether oxygens (including phenoxy) is 2. The van der Waals surface area contributed by atoms with Gasteiger partial charge < -0.3 is 14.4 Å². The number of thiophene rings is 1. The maximum atomic E-state index is 13.3. The molecule has 0 unspecified atom stereocenters. The first-order valence-corrected chi connectivity index (χ1v) is 11.0.